The number of likely N-dealkylation sites (tertiary alicyclic amines) is 1. The fourth-order valence-corrected chi connectivity index (χ4v) is 3.99. The topological polar surface area (TPSA) is 58.1 Å². The largest absolute Gasteiger partial charge is 0.497 e. The fourth-order valence-electron chi connectivity index (χ4n) is 3.99. The number of guanidine groups is 1. The zero-order valence-corrected chi connectivity index (χ0v) is 20.7. The first-order valence-corrected chi connectivity index (χ1v) is 11.0. The SMILES string of the molecule is CCNC(=NCC(c1cccc(OC)c1)N1CCCC1)NCCC1=CCOCC1.I. The summed E-state index contributed by atoms with van der Waals surface area (Å²) in [5.74, 6) is 1.80. The molecule has 1 saturated heterocycles. The van der Waals surface area contributed by atoms with Crippen LogP contribution in [-0.4, -0.2) is 63.9 Å². The second-order valence-electron chi connectivity index (χ2n) is 7.62. The van der Waals surface area contributed by atoms with Gasteiger partial charge in [0.05, 0.1) is 32.9 Å². The zero-order valence-electron chi connectivity index (χ0n) is 18.4. The maximum atomic E-state index is 5.45. The molecule has 1 atom stereocenters. The summed E-state index contributed by atoms with van der Waals surface area (Å²) < 4.78 is 10.8. The van der Waals surface area contributed by atoms with Gasteiger partial charge in [-0.3, -0.25) is 9.89 Å². The molecule has 2 aliphatic heterocycles. The van der Waals surface area contributed by atoms with Crippen molar-refractivity contribution in [1.82, 2.24) is 15.5 Å². The van der Waals surface area contributed by atoms with Crippen LogP contribution in [0.2, 0.25) is 0 Å². The summed E-state index contributed by atoms with van der Waals surface area (Å²) in [5, 5.41) is 6.89. The van der Waals surface area contributed by atoms with Gasteiger partial charge in [0.25, 0.3) is 0 Å². The number of aliphatic imine (C=N–C) groups is 1. The van der Waals surface area contributed by atoms with Gasteiger partial charge >= 0.3 is 0 Å². The molecule has 1 aromatic rings. The van der Waals surface area contributed by atoms with Crippen molar-refractivity contribution in [3.8, 4) is 5.75 Å². The summed E-state index contributed by atoms with van der Waals surface area (Å²) in [6, 6.07) is 8.70. The average molecular weight is 528 g/mol. The number of ether oxygens (including phenoxy) is 2. The Morgan fingerprint density at radius 1 is 1.27 bits per heavy atom. The third-order valence-electron chi connectivity index (χ3n) is 5.62. The standard InChI is InChI=1S/C23H36N4O2.HI/c1-3-24-23(25-12-9-19-10-15-29-16-11-19)26-18-22(27-13-4-5-14-27)20-7-6-8-21(17-20)28-2;/h6-8,10,17,22H,3-5,9,11-16,18H2,1-2H3,(H2,24,25,26);1H. The Labute approximate surface area is 198 Å². The number of hydrogen-bond acceptors (Lipinski definition) is 4. The monoisotopic (exact) mass is 528 g/mol. The van der Waals surface area contributed by atoms with E-state index in [0.29, 0.717) is 0 Å². The summed E-state index contributed by atoms with van der Waals surface area (Å²) in [7, 11) is 1.73. The molecule has 1 aromatic carbocycles. The van der Waals surface area contributed by atoms with E-state index in [-0.39, 0.29) is 30.0 Å². The lowest BCUT2D eigenvalue weighted by Crippen LogP contribution is -2.39. The van der Waals surface area contributed by atoms with Crippen LogP contribution >= 0.6 is 24.0 Å². The Morgan fingerprint density at radius 3 is 2.80 bits per heavy atom. The number of methoxy groups -OCH3 is 1. The molecule has 168 valence electrons. The molecule has 1 fully saturated rings. The van der Waals surface area contributed by atoms with Gasteiger partial charge in [-0.15, -0.1) is 24.0 Å². The van der Waals surface area contributed by atoms with Gasteiger partial charge in [-0.05, 0) is 63.4 Å². The minimum Gasteiger partial charge on any atom is -0.497 e. The minimum atomic E-state index is 0. The first-order chi connectivity index (χ1) is 14.3. The van der Waals surface area contributed by atoms with Gasteiger partial charge in [-0.2, -0.15) is 0 Å². The van der Waals surface area contributed by atoms with Crippen LogP contribution < -0.4 is 15.4 Å². The lowest BCUT2D eigenvalue weighted by molar-refractivity contribution is 0.153. The third-order valence-corrected chi connectivity index (χ3v) is 5.62. The summed E-state index contributed by atoms with van der Waals surface area (Å²) >= 11 is 0. The van der Waals surface area contributed by atoms with Gasteiger partial charge in [-0.25, -0.2) is 0 Å². The fraction of sp³-hybridized carbons (Fsp3) is 0.609. The van der Waals surface area contributed by atoms with Gasteiger partial charge in [0, 0.05) is 13.1 Å². The lowest BCUT2D eigenvalue weighted by atomic mass is 10.1. The molecule has 30 heavy (non-hydrogen) atoms. The second-order valence-corrected chi connectivity index (χ2v) is 7.62. The lowest BCUT2D eigenvalue weighted by Gasteiger charge is -2.27. The molecule has 2 aliphatic rings. The molecule has 7 heteroatoms. The van der Waals surface area contributed by atoms with E-state index >= 15 is 0 Å². The Bertz CT molecular complexity index is 690. The van der Waals surface area contributed by atoms with E-state index in [9.17, 15) is 0 Å². The molecule has 2 heterocycles. The number of halogens is 1. The predicted molar refractivity (Wildman–Crippen MR) is 134 cm³/mol. The van der Waals surface area contributed by atoms with Crippen molar-refractivity contribution >= 4 is 29.9 Å². The van der Waals surface area contributed by atoms with E-state index in [2.05, 4.69) is 46.7 Å². The van der Waals surface area contributed by atoms with Crippen molar-refractivity contribution in [2.75, 3.05) is 53.0 Å². The first-order valence-electron chi connectivity index (χ1n) is 11.0. The van der Waals surface area contributed by atoms with Crippen LogP contribution in [0.15, 0.2) is 40.9 Å². The van der Waals surface area contributed by atoms with Crippen LogP contribution in [0.4, 0.5) is 0 Å². The van der Waals surface area contributed by atoms with Crippen LogP contribution in [0.5, 0.6) is 5.75 Å². The predicted octanol–water partition coefficient (Wildman–Crippen LogP) is 3.74. The van der Waals surface area contributed by atoms with E-state index < -0.39 is 0 Å². The Morgan fingerprint density at radius 2 is 2.10 bits per heavy atom. The van der Waals surface area contributed by atoms with Crippen LogP contribution in [-0.2, 0) is 4.74 Å². The number of rotatable bonds is 9. The van der Waals surface area contributed by atoms with Gasteiger partial charge in [0.2, 0.25) is 0 Å². The van der Waals surface area contributed by atoms with Crippen molar-refractivity contribution in [3.63, 3.8) is 0 Å². The maximum absolute atomic E-state index is 5.45. The summed E-state index contributed by atoms with van der Waals surface area (Å²) in [4.78, 5) is 7.49. The van der Waals surface area contributed by atoms with E-state index in [1.54, 1.807) is 7.11 Å². The number of hydrogen-bond donors (Lipinski definition) is 2. The molecule has 0 amide bonds. The van der Waals surface area contributed by atoms with Crippen molar-refractivity contribution in [1.29, 1.82) is 0 Å². The highest BCUT2D eigenvalue weighted by molar-refractivity contribution is 14.0. The van der Waals surface area contributed by atoms with E-state index in [1.165, 1.54) is 24.0 Å². The molecule has 0 spiro atoms. The molecule has 0 radical (unpaired) electrons. The average Bonchev–Trinajstić information content (AvgIpc) is 3.29. The Balaban J connectivity index is 0.00000320. The van der Waals surface area contributed by atoms with Crippen molar-refractivity contribution in [2.45, 2.75) is 38.6 Å². The molecule has 0 saturated carbocycles. The summed E-state index contributed by atoms with van der Waals surface area (Å²) in [5.41, 5.74) is 2.75. The summed E-state index contributed by atoms with van der Waals surface area (Å²) in [6.07, 6.45) is 6.82. The van der Waals surface area contributed by atoms with Crippen LogP contribution in [0.1, 0.15) is 44.2 Å². The van der Waals surface area contributed by atoms with Crippen molar-refractivity contribution in [2.24, 2.45) is 4.99 Å². The molecule has 6 nitrogen and oxygen atoms in total. The number of benzene rings is 1. The van der Waals surface area contributed by atoms with Crippen LogP contribution in [0.3, 0.4) is 0 Å². The normalized spacial score (nSPS) is 18.3. The van der Waals surface area contributed by atoms with Gasteiger partial charge in [0.1, 0.15) is 5.75 Å². The molecular formula is C23H37IN4O2. The molecule has 2 N–H and O–H groups in total. The molecule has 0 bridgehead atoms. The van der Waals surface area contributed by atoms with Gasteiger partial charge < -0.3 is 20.1 Å². The van der Waals surface area contributed by atoms with E-state index in [4.69, 9.17) is 14.5 Å². The third kappa shape index (κ3) is 7.74. The minimum absolute atomic E-state index is 0. The first kappa shape index (κ1) is 24.9. The molecule has 0 aliphatic carbocycles. The Kier molecular flexibility index (Phi) is 11.5. The highest BCUT2D eigenvalue weighted by atomic mass is 127. The quantitative estimate of drug-likeness (QED) is 0.222. The number of nitrogens with zero attached hydrogens (tertiary/aromatic N) is 2. The summed E-state index contributed by atoms with van der Waals surface area (Å²) in [6.45, 7) is 8.47. The van der Waals surface area contributed by atoms with Gasteiger partial charge in [0.15, 0.2) is 5.96 Å². The van der Waals surface area contributed by atoms with Crippen molar-refractivity contribution < 1.29 is 9.47 Å². The highest BCUT2D eigenvalue weighted by Crippen LogP contribution is 2.27. The van der Waals surface area contributed by atoms with Crippen LogP contribution in [0.25, 0.3) is 0 Å². The van der Waals surface area contributed by atoms with Crippen molar-refractivity contribution in [3.05, 3.63) is 41.5 Å². The molecule has 1 unspecified atom stereocenters. The Hall–Kier alpha value is -1.32. The molecule has 3 rings (SSSR count). The number of nitrogens with one attached hydrogen (secondary N) is 2. The smallest absolute Gasteiger partial charge is 0.191 e. The molecular weight excluding hydrogens is 491 g/mol. The molecule has 0 aromatic heterocycles. The zero-order chi connectivity index (χ0) is 20.3. The maximum Gasteiger partial charge on any atom is 0.191 e. The second kappa shape index (κ2) is 13.9. The highest BCUT2D eigenvalue weighted by Gasteiger charge is 2.23. The van der Waals surface area contributed by atoms with E-state index in [1.807, 2.05) is 6.07 Å². The van der Waals surface area contributed by atoms with E-state index in [0.717, 1.165) is 70.5 Å². The van der Waals surface area contributed by atoms with Crippen LogP contribution in [0, 0.1) is 0 Å². The van der Waals surface area contributed by atoms with Gasteiger partial charge in [-0.1, -0.05) is 23.8 Å².